The van der Waals surface area contributed by atoms with Crippen molar-refractivity contribution >= 4 is 45.6 Å². The number of benzene rings is 2. The van der Waals surface area contributed by atoms with Crippen molar-refractivity contribution in [1.29, 1.82) is 5.26 Å². The van der Waals surface area contributed by atoms with Crippen LogP contribution < -0.4 is 25.4 Å². The zero-order valence-corrected chi connectivity index (χ0v) is 25.1. The van der Waals surface area contributed by atoms with E-state index >= 15 is 0 Å². The number of nitriles is 1. The lowest BCUT2D eigenvalue weighted by Gasteiger charge is -2.38. The maximum atomic E-state index is 13.4. The number of methoxy groups -OCH3 is 2. The van der Waals surface area contributed by atoms with Crippen LogP contribution in [0.15, 0.2) is 69.5 Å². The van der Waals surface area contributed by atoms with Gasteiger partial charge in [-0.3, -0.25) is 14.5 Å². The molecule has 3 N–H and O–H groups in total. The highest BCUT2D eigenvalue weighted by Gasteiger charge is 2.41. The molecule has 2 aromatic carbocycles. The molecule has 0 fully saturated rings. The third-order valence-electron chi connectivity index (χ3n) is 7.21. The molecule has 0 saturated carbocycles. The highest BCUT2D eigenvalue weighted by molar-refractivity contribution is 8.01. The third kappa shape index (κ3) is 5.70. The Bertz CT molecular complexity index is 1620. The van der Waals surface area contributed by atoms with Crippen LogP contribution in [0.25, 0.3) is 0 Å². The van der Waals surface area contributed by atoms with Crippen LogP contribution in [0, 0.1) is 11.3 Å². The van der Waals surface area contributed by atoms with Gasteiger partial charge in [-0.05, 0) is 54.7 Å². The molecular formula is C30H30N6O4S2. The number of ether oxygens (including phenoxy) is 2. The molecule has 5 rings (SSSR count). The average molecular weight is 603 g/mol. The Morgan fingerprint density at radius 2 is 1.93 bits per heavy atom. The van der Waals surface area contributed by atoms with E-state index in [4.69, 9.17) is 15.2 Å². The van der Waals surface area contributed by atoms with E-state index in [1.54, 1.807) is 24.1 Å². The van der Waals surface area contributed by atoms with Gasteiger partial charge in [-0.2, -0.15) is 5.26 Å². The summed E-state index contributed by atoms with van der Waals surface area (Å²) in [6, 6.07) is 15.3. The molecule has 0 spiro atoms. The molecule has 3 aromatic rings. The van der Waals surface area contributed by atoms with Crippen molar-refractivity contribution < 1.29 is 19.1 Å². The number of hydrogen-bond donors (Lipinski definition) is 2. The molecule has 10 nitrogen and oxygen atoms in total. The number of hydrogen-bond acceptors (Lipinski definition) is 11. The molecule has 42 heavy (non-hydrogen) atoms. The molecule has 1 aliphatic heterocycles. The minimum absolute atomic E-state index is 0.0379. The lowest BCUT2D eigenvalue weighted by molar-refractivity contribution is -0.116. The molecule has 1 aromatic heterocycles. The van der Waals surface area contributed by atoms with Gasteiger partial charge in [-0.15, -0.1) is 10.2 Å². The van der Waals surface area contributed by atoms with E-state index < -0.39 is 5.92 Å². The van der Waals surface area contributed by atoms with Gasteiger partial charge in [0, 0.05) is 23.4 Å². The Morgan fingerprint density at radius 3 is 2.62 bits per heavy atom. The molecular weight excluding hydrogens is 573 g/mol. The van der Waals surface area contributed by atoms with Crippen molar-refractivity contribution in [2.45, 2.75) is 42.9 Å². The number of allylic oxidation sites excluding steroid dienone is 3. The molecule has 1 atom stereocenters. The summed E-state index contributed by atoms with van der Waals surface area (Å²) in [5.41, 5.74) is 10.8. The number of carbonyl (C=O) groups excluding carboxylic acids is 2. The Hall–Kier alpha value is -4.34. The van der Waals surface area contributed by atoms with Crippen LogP contribution in [0.2, 0.25) is 0 Å². The van der Waals surface area contributed by atoms with Crippen molar-refractivity contribution in [3.05, 3.63) is 76.3 Å². The van der Waals surface area contributed by atoms with Gasteiger partial charge in [0.25, 0.3) is 0 Å². The fourth-order valence-corrected chi connectivity index (χ4v) is 6.85. The summed E-state index contributed by atoms with van der Waals surface area (Å²) in [7, 11) is 3.08. The number of nitrogens with two attached hydrogens (primary N) is 1. The van der Waals surface area contributed by atoms with Crippen LogP contribution in [0.3, 0.4) is 0 Å². The molecule has 1 unspecified atom stereocenters. The predicted octanol–water partition coefficient (Wildman–Crippen LogP) is 5.15. The van der Waals surface area contributed by atoms with Crippen LogP contribution in [0.1, 0.15) is 43.2 Å². The molecule has 1 aliphatic carbocycles. The topological polar surface area (TPSA) is 143 Å². The van der Waals surface area contributed by atoms with Gasteiger partial charge in [0.2, 0.25) is 11.0 Å². The van der Waals surface area contributed by atoms with E-state index in [0.29, 0.717) is 57.1 Å². The number of nitrogens with one attached hydrogen (secondary N) is 1. The highest BCUT2D eigenvalue weighted by Crippen LogP contribution is 2.48. The summed E-state index contributed by atoms with van der Waals surface area (Å²) < 4.78 is 11.4. The van der Waals surface area contributed by atoms with Crippen molar-refractivity contribution in [3.8, 4) is 17.6 Å². The normalized spacial score (nSPS) is 16.7. The number of carbonyl (C=O) groups is 2. The fraction of sp³-hybridized carbons (Fsp3) is 0.300. The summed E-state index contributed by atoms with van der Waals surface area (Å²) in [5, 5.41) is 22.2. The van der Waals surface area contributed by atoms with Crippen LogP contribution in [0.4, 0.5) is 10.8 Å². The number of rotatable bonds is 9. The molecule has 2 aliphatic rings. The molecule has 0 radical (unpaired) electrons. The Morgan fingerprint density at radius 1 is 1.17 bits per heavy atom. The first-order valence-corrected chi connectivity index (χ1v) is 15.2. The largest absolute Gasteiger partial charge is 0.493 e. The molecule has 2 heterocycles. The van der Waals surface area contributed by atoms with E-state index in [2.05, 4.69) is 28.5 Å². The van der Waals surface area contributed by atoms with Crippen molar-refractivity contribution in [3.63, 3.8) is 0 Å². The highest BCUT2D eigenvalue weighted by atomic mass is 32.2. The second-order valence-corrected chi connectivity index (χ2v) is 11.8. The number of anilines is 2. The number of thioether (sulfide) groups is 1. The van der Waals surface area contributed by atoms with Crippen LogP contribution in [-0.2, 0) is 16.0 Å². The van der Waals surface area contributed by atoms with Gasteiger partial charge in [0.15, 0.2) is 21.6 Å². The maximum absolute atomic E-state index is 13.4. The van der Waals surface area contributed by atoms with Gasteiger partial charge in [-0.1, -0.05) is 48.2 Å². The van der Waals surface area contributed by atoms with Crippen molar-refractivity contribution in [2.75, 3.05) is 30.2 Å². The number of aromatic nitrogens is 2. The van der Waals surface area contributed by atoms with E-state index in [1.807, 2.05) is 30.3 Å². The molecule has 12 heteroatoms. The zero-order valence-electron chi connectivity index (χ0n) is 23.5. The summed E-state index contributed by atoms with van der Waals surface area (Å²) >= 11 is 2.51. The lowest BCUT2D eigenvalue weighted by atomic mass is 9.75. The Kier molecular flexibility index (Phi) is 8.80. The second kappa shape index (κ2) is 12.7. The number of nitrogens with zero attached hydrogens (tertiary/aromatic N) is 4. The lowest BCUT2D eigenvalue weighted by Crippen LogP contribution is -2.38. The summed E-state index contributed by atoms with van der Waals surface area (Å²) in [5.74, 6) is 0.534. The van der Waals surface area contributed by atoms with Crippen LogP contribution in [-0.4, -0.2) is 41.9 Å². The van der Waals surface area contributed by atoms with Crippen molar-refractivity contribution in [1.82, 2.24) is 10.2 Å². The van der Waals surface area contributed by atoms with Gasteiger partial charge in [0.1, 0.15) is 5.82 Å². The van der Waals surface area contributed by atoms with Gasteiger partial charge < -0.3 is 20.5 Å². The predicted molar refractivity (Wildman–Crippen MR) is 163 cm³/mol. The monoisotopic (exact) mass is 602 g/mol. The maximum Gasteiger partial charge on any atom is 0.234 e. The van der Waals surface area contributed by atoms with Gasteiger partial charge in [-0.25, -0.2) is 0 Å². The SMILES string of the molecule is CCc1ccc(NC(=O)CSc2nnc(N3C(N)=C(C#N)C(c4ccc(OC)c(OC)c4)C4=C3CCCC4=O)s2)cc1. The Labute approximate surface area is 252 Å². The first-order chi connectivity index (χ1) is 20.4. The third-order valence-corrected chi connectivity index (χ3v) is 9.26. The fourth-order valence-electron chi connectivity index (χ4n) is 5.17. The quantitative estimate of drug-likeness (QED) is 0.316. The zero-order chi connectivity index (χ0) is 29.8. The minimum Gasteiger partial charge on any atom is -0.493 e. The molecule has 0 bridgehead atoms. The number of amides is 1. The number of aryl methyl sites for hydroxylation is 1. The summed E-state index contributed by atoms with van der Waals surface area (Å²) in [6.45, 7) is 2.08. The smallest absolute Gasteiger partial charge is 0.234 e. The average Bonchev–Trinajstić information content (AvgIpc) is 3.48. The first-order valence-electron chi connectivity index (χ1n) is 13.4. The number of ketones is 1. The van der Waals surface area contributed by atoms with Crippen LogP contribution >= 0.6 is 23.1 Å². The van der Waals surface area contributed by atoms with Gasteiger partial charge >= 0.3 is 0 Å². The Balaban J connectivity index is 1.42. The first kappa shape index (κ1) is 29.2. The van der Waals surface area contributed by atoms with Crippen molar-refractivity contribution in [2.24, 2.45) is 5.73 Å². The summed E-state index contributed by atoms with van der Waals surface area (Å²) in [4.78, 5) is 27.6. The van der Waals surface area contributed by atoms with E-state index in [0.717, 1.165) is 12.1 Å². The second-order valence-electron chi connectivity index (χ2n) is 9.67. The molecule has 1 amide bonds. The van der Waals surface area contributed by atoms with Gasteiger partial charge in [0.05, 0.1) is 37.5 Å². The molecule has 0 saturated heterocycles. The minimum atomic E-state index is -0.647. The van der Waals surface area contributed by atoms with E-state index in [1.165, 1.54) is 35.8 Å². The summed E-state index contributed by atoms with van der Waals surface area (Å²) in [6.07, 6.45) is 2.55. The van der Waals surface area contributed by atoms with Crippen LogP contribution in [0.5, 0.6) is 11.5 Å². The van der Waals surface area contributed by atoms with E-state index in [9.17, 15) is 14.9 Å². The molecule has 216 valence electrons. The number of Topliss-reactive ketones (excluding diaryl/α,β-unsaturated/α-hetero) is 1. The standard InChI is InChI=1S/C30H30N6O4S2/c1-4-17-8-11-19(12-9-17)33-25(38)16-41-30-35-34-29(42-30)36-21-6-5-7-22(37)27(21)26(20(15-31)28(36)32)18-10-13-23(39-2)24(14-18)40-3/h8-14,26H,4-7,16,32H2,1-3H3,(H,33,38). The van der Waals surface area contributed by atoms with E-state index in [-0.39, 0.29) is 28.8 Å².